The molecule has 0 aliphatic heterocycles. The SMILES string of the molecule is COc1ccc(-c2cc(=O)c3cc(OC(=O)C(c4ccccc4)c4ccccc4)ccc3o2)cc1. The fourth-order valence-corrected chi connectivity index (χ4v) is 4.03. The fraction of sp³-hybridized carbons (Fsp3) is 0.0667. The van der Waals surface area contributed by atoms with Crippen molar-refractivity contribution >= 4 is 16.9 Å². The first-order valence-electron chi connectivity index (χ1n) is 11.2. The van der Waals surface area contributed by atoms with E-state index in [0.29, 0.717) is 22.5 Å². The quantitative estimate of drug-likeness (QED) is 0.222. The molecule has 0 atom stereocenters. The Morgan fingerprint density at radius 2 is 1.34 bits per heavy atom. The first-order chi connectivity index (χ1) is 17.1. The van der Waals surface area contributed by atoms with E-state index in [1.165, 1.54) is 6.07 Å². The van der Waals surface area contributed by atoms with Crippen LogP contribution in [0.15, 0.2) is 118 Å². The van der Waals surface area contributed by atoms with E-state index >= 15 is 0 Å². The lowest BCUT2D eigenvalue weighted by Gasteiger charge is -2.17. The summed E-state index contributed by atoms with van der Waals surface area (Å²) in [7, 11) is 1.59. The molecule has 1 heterocycles. The summed E-state index contributed by atoms with van der Waals surface area (Å²) in [5, 5.41) is 0.337. The van der Waals surface area contributed by atoms with E-state index in [4.69, 9.17) is 13.9 Å². The summed E-state index contributed by atoms with van der Waals surface area (Å²) in [5.74, 6) is 0.419. The van der Waals surface area contributed by atoms with Crippen LogP contribution in [-0.2, 0) is 4.79 Å². The lowest BCUT2D eigenvalue weighted by molar-refractivity contribution is -0.135. The summed E-state index contributed by atoms with van der Waals surface area (Å²) in [5.41, 5.74) is 2.60. The van der Waals surface area contributed by atoms with Crippen LogP contribution >= 0.6 is 0 Å². The first kappa shape index (κ1) is 22.2. The Morgan fingerprint density at radius 3 is 1.94 bits per heavy atom. The van der Waals surface area contributed by atoms with Gasteiger partial charge < -0.3 is 13.9 Å². The van der Waals surface area contributed by atoms with Gasteiger partial charge in [0.2, 0.25) is 0 Å². The monoisotopic (exact) mass is 462 g/mol. The van der Waals surface area contributed by atoms with Crippen molar-refractivity contribution in [1.82, 2.24) is 0 Å². The molecule has 4 aromatic carbocycles. The molecule has 35 heavy (non-hydrogen) atoms. The molecule has 5 rings (SSSR count). The smallest absolute Gasteiger partial charge is 0.323 e. The third-order valence-electron chi connectivity index (χ3n) is 5.79. The van der Waals surface area contributed by atoms with Gasteiger partial charge in [-0.2, -0.15) is 0 Å². The van der Waals surface area contributed by atoms with Crippen molar-refractivity contribution in [3.63, 3.8) is 0 Å². The normalized spacial score (nSPS) is 10.9. The Hall–Kier alpha value is -4.64. The molecular weight excluding hydrogens is 440 g/mol. The van der Waals surface area contributed by atoms with Gasteiger partial charge in [0.25, 0.3) is 0 Å². The van der Waals surface area contributed by atoms with Gasteiger partial charge >= 0.3 is 5.97 Å². The summed E-state index contributed by atoms with van der Waals surface area (Å²) in [4.78, 5) is 26.2. The van der Waals surface area contributed by atoms with Crippen molar-refractivity contribution in [2.45, 2.75) is 5.92 Å². The molecule has 5 heteroatoms. The Labute approximate surface area is 202 Å². The van der Waals surface area contributed by atoms with Crippen LogP contribution in [0.2, 0.25) is 0 Å². The molecular formula is C30H22O5. The second-order valence-corrected chi connectivity index (χ2v) is 8.04. The van der Waals surface area contributed by atoms with Crippen molar-refractivity contribution in [1.29, 1.82) is 0 Å². The number of benzene rings is 4. The molecule has 0 radical (unpaired) electrons. The fourth-order valence-electron chi connectivity index (χ4n) is 4.03. The third kappa shape index (κ3) is 4.70. The average molecular weight is 463 g/mol. The number of carbonyl (C=O) groups is 1. The van der Waals surface area contributed by atoms with Crippen LogP contribution < -0.4 is 14.9 Å². The van der Waals surface area contributed by atoms with Gasteiger partial charge in [-0.25, -0.2) is 0 Å². The highest BCUT2D eigenvalue weighted by atomic mass is 16.5. The van der Waals surface area contributed by atoms with Gasteiger partial charge in [0.05, 0.1) is 12.5 Å². The Morgan fingerprint density at radius 1 is 0.743 bits per heavy atom. The number of rotatable bonds is 6. The van der Waals surface area contributed by atoms with Gasteiger partial charge in [0.1, 0.15) is 28.8 Å². The van der Waals surface area contributed by atoms with E-state index in [9.17, 15) is 9.59 Å². The zero-order valence-electron chi connectivity index (χ0n) is 19.0. The topological polar surface area (TPSA) is 65.7 Å². The van der Waals surface area contributed by atoms with Crippen molar-refractivity contribution in [2.24, 2.45) is 0 Å². The van der Waals surface area contributed by atoms with E-state index in [-0.39, 0.29) is 11.2 Å². The van der Waals surface area contributed by atoms with Crippen LogP contribution in [0.1, 0.15) is 17.0 Å². The summed E-state index contributed by atoms with van der Waals surface area (Å²) in [6.45, 7) is 0. The Balaban J connectivity index is 1.46. The lowest BCUT2D eigenvalue weighted by atomic mass is 9.91. The van der Waals surface area contributed by atoms with E-state index in [0.717, 1.165) is 16.7 Å². The maximum Gasteiger partial charge on any atom is 0.323 e. The summed E-state index contributed by atoms with van der Waals surface area (Å²) >= 11 is 0. The molecule has 0 aliphatic rings. The lowest BCUT2D eigenvalue weighted by Crippen LogP contribution is -2.20. The van der Waals surface area contributed by atoms with Gasteiger partial charge in [-0.3, -0.25) is 9.59 Å². The van der Waals surface area contributed by atoms with Crippen LogP contribution in [0.25, 0.3) is 22.3 Å². The minimum Gasteiger partial charge on any atom is -0.497 e. The molecule has 0 bridgehead atoms. The number of hydrogen-bond acceptors (Lipinski definition) is 5. The summed E-state index contributed by atoms with van der Waals surface area (Å²) in [6, 6.07) is 32.5. The molecule has 0 saturated carbocycles. The van der Waals surface area contributed by atoms with Crippen molar-refractivity contribution in [3.8, 4) is 22.8 Å². The minimum absolute atomic E-state index is 0.224. The predicted octanol–water partition coefficient (Wildman–Crippen LogP) is 6.21. The summed E-state index contributed by atoms with van der Waals surface area (Å²) in [6.07, 6.45) is 0. The van der Waals surface area contributed by atoms with Gasteiger partial charge in [-0.15, -0.1) is 0 Å². The molecule has 0 amide bonds. The zero-order chi connectivity index (χ0) is 24.2. The first-order valence-corrected chi connectivity index (χ1v) is 11.2. The largest absolute Gasteiger partial charge is 0.497 e. The zero-order valence-corrected chi connectivity index (χ0v) is 19.0. The van der Waals surface area contributed by atoms with Gasteiger partial charge in [0.15, 0.2) is 5.43 Å². The van der Waals surface area contributed by atoms with Crippen LogP contribution in [0.4, 0.5) is 0 Å². The molecule has 0 fully saturated rings. The molecule has 0 unspecified atom stereocenters. The number of ether oxygens (including phenoxy) is 2. The van der Waals surface area contributed by atoms with E-state index in [2.05, 4.69) is 0 Å². The second-order valence-electron chi connectivity index (χ2n) is 8.04. The third-order valence-corrected chi connectivity index (χ3v) is 5.79. The van der Waals surface area contributed by atoms with Crippen LogP contribution in [0.5, 0.6) is 11.5 Å². The predicted molar refractivity (Wildman–Crippen MR) is 135 cm³/mol. The highest BCUT2D eigenvalue weighted by molar-refractivity contribution is 5.86. The average Bonchev–Trinajstić information content (AvgIpc) is 2.90. The maximum atomic E-state index is 13.3. The molecule has 5 nitrogen and oxygen atoms in total. The van der Waals surface area contributed by atoms with Gasteiger partial charge in [0, 0.05) is 11.6 Å². The Kier molecular flexibility index (Phi) is 6.14. The summed E-state index contributed by atoms with van der Waals surface area (Å²) < 4.78 is 16.9. The highest BCUT2D eigenvalue weighted by Crippen LogP contribution is 2.29. The maximum absolute atomic E-state index is 13.3. The number of hydrogen-bond donors (Lipinski definition) is 0. The molecule has 1 aromatic heterocycles. The number of methoxy groups -OCH3 is 1. The molecule has 0 N–H and O–H groups in total. The van der Waals surface area contributed by atoms with Gasteiger partial charge in [-0.05, 0) is 53.6 Å². The van der Waals surface area contributed by atoms with E-state index in [1.54, 1.807) is 37.4 Å². The molecule has 0 spiro atoms. The van der Waals surface area contributed by atoms with Crippen molar-refractivity contribution in [2.75, 3.05) is 7.11 Å². The number of fused-ring (bicyclic) bond motifs is 1. The molecule has 0 aliphatic carbocycles. The van der Waals surface area contributed by atoms with Crippen LogP contribution in [0, 0.1) is 0 Å². The molecule has 0 saturated heterocycles. The van der Waals surface area contributed by atoms with Gasteiger partial charge in [-0.1, -0.05) is 60.7 Å². The van der Waals surface area contributed by atoms with E-state index < -0.39 is 11.9 Å². The Bertz CT molecular complexity index is 1480. The number of esters is 1. The van der Waals surface area contributed by atoms with E-state index in [1.807, 2.05) is 72.8 Å². The van der Waals surface area contributed by atoms with Crippen LogP contribution in [-0.4, -0.2) is 13.1 Å². The minimum atomic E-state index is -0.595. The highest BCUT2D eigenvalue weighted by Gasteiger charge is 2.25. The number of carbonyl (C=O) groups excluding carboxylic acids is 1. The second kappa shape index (κ2) is 9.69. The van der Waals surface area contributed by atoms with Crippen molar-refractivity contribution in [3.05, 3.63) is 131 Å². The standard InChI is InChI=1S/C30H22O5/c1-33-23-14-12-20(13-15-23)28-19-26(31)25-18-24(16-17-27(25)35-28)34-30(32)29(21-8-4-2-5-9-21)22-10-6-3-7-11-22/h2-19,29H,1H3. The molecule has 5 aromatic rings. The van der Waals surface area contributed by atoms with Crippen molar-refractivity contribution < 1.29 is 18.7 Å². The van der Waals surface area contributed by atoms with Crippen LogP contribution in [0.3, 0.4) is 0 Å². The molecule has 172 valence electrons.